The molecule has 0 bridgehead atoms. The number of ether oxygens (including phenoxy) is 1. The minimum Gasteiger partial charge on any atom is -0.455 e. The molecule has 0 aliphatic heterocycles. The maximum atomic E-state index is 6.18. The van der Waals surface area contributed by atoms with E-state index < -0.39 is 0 Å². The topological polar surface area (TPSA) is 35.2 Å². The van der Waals surface area contributed by atoms with Gasteiger partial charge in [-0.1, -0.05) is 40.9 Å². The van der Waals surface area contributed by atoms with Gasteiger partial charge >= 0.3 is 0 Å². The molecule has 0 spiro atoms. The van der Waals surface area contributed by atoms with Gasteiger partial charge in [-0.15, -0.1) is 0 Å². The predicted molar refractivity (Wildman–Crippen MR) is 93.0 cm³/mol. The SMILES string of the molecule is CC(N)Cc1ccc(Cl)cc1Oc1cc(Cl)c(Br)cc1Cl. The summed E-state index contributed by atoms with van der Waals surface area (Å²) in [7, 11) is 0. The molecule has 112 valence electrons. The maximum absolute atomic E-state index is 6.18. The van der Waals surface area contributed by atoms with Crippen molar-refractivity contribution in [2.75, 3.05) is 0 Å². The molecule has 6 heteroatoms. The Morgan fingerprint density at radius 2 is 1.81 bits per heavy atom. The quantitative estimate of drug-likeness (QED) is 0.620. The van der Waals surface area contributed by atoms with Crippen molar-refractivity contribution in [1.82, 2.24) is 0 Å². The molecule has 0 saturated carbocycles. The van der Waals surface area contributed by atoms with Crippen LogP contribution in [0.4, 0.5) is 0 Å². The van der Waals surface area contributed by atoms with Crippen LogP contribution >= 0.6 is 50.7 Å². The van der Waals surface area contributed by atoms with E-state index in [9.17, 15) is 0 Å². The Hall–Kier alpha value is -0.450. The van der Waals surface area contributed by atoms with Crippen molar-refractivity contribution in [3.63, 3.8) is 0 Å². The van der Waals surface area contributed by atoms with Crippen molar-refractivity contribution in [2.24, 2.45) is 5.73 Å². The van der Waals surface area contributed by atoms with Gasteiger partial charge in [-0.3, -0.25) is 0 Å². The molecule has 2 aromatic rings. The zero-order valence-electron chi connectivity index (χ0n) is 11.2. The molecule has 0 aliphatic carbocycles. The van der Waals surface area contributed by atoms with Gasteiger partial charge in [0.25, 0.3) is 0 Å². The number of hydrogen-bond donors (Lipinski definition) is 1. The van der Waals surface area contributed by atoms with Crippen LogP contribution in [0.5, 0.6) is 11.5 Å². The summed E-state index contributed by atoms with van der Waals surface area (Å²) in [5, 5.41) is 1.56. The maximum Gasteiger partial charge on any atom is 0.147 e. The monoisotopic (exact) mass is 407 g/mol. The Morgan fingerprint density at radius 1 is 1.10 bits per heavy atom. The summed E-state index contributed by atoms with van der Waals surface area (Å²) < 4.78 is 6.59. The summed E-state index contributed by atoms with van der Waals surface area (Å²) >= 11 is 21.6. The molecule has 2 rings (SSSR count). The standard InChI is InChI=1S/C15H13BrCl3NO/c1-8(20)4-9-2-3-10(17)5-14(9)21-15-7-12(18)11(16)6-13(15)19/h2-3,5-8H,4,20H2,1H3. The first-order valence-electron chi connectivity index (χ1n) is 6.23. The highest BCUT2D eigenvalue weighted by Gasteiger charge is 2.12. The molecule has 0 aromatic heterocycles. The average Bonchev–Trinajstić information content (AvgIpc) is 2.38. The van der Waals surface area contributed by atoms with E-state index in [-0.39, 0.29) is 6.04 Å². The zero-order valence-corrected chi connectivity index (χ0v) is 15.0. The van der Waals surface area contributed by atoms with Gasteiger partial charge in [-0.25, -0.2) is 0 Å². The van der Waals surface area contributed by atoms with Crippen LogP contribution in [0.15, 0.2) is 34.8 Å². The zero-order chi connectivity index (χ0) is 15.6. The van der Waals surface area contributed by atoms with Crippen molar-refractivity contribution in [3.05, 3.63) is 55.4 Å². The van der Waals surface area contributed by atoms with Gasteiger partial charge in [0.05, 0.1) is 10.0 Å². The third kappa shape index (κ3) is 4.51. The lowest BCUT2D eigenvalue weighted by atomic mass is 10.1. The van der Waals surface area contributed by atoms with Crippen LogP contribution in [-0.2, 0) is 6.42 Å². The van der Waals surface area contributed by atoms with Crippen molar-refractivity contribution in [1.29, 1.82) is 0 Å². The first-order chi connectivity index (χ1) is 9.86. The van der Waals surface area contributed by atoms with E-state index >= 15 is 0 Å². The summed E-state index contributed by atoms with van der Waals surface area (Å²) in [4.78, 5) is 0. The van der Waals surface area contributed by atoms with E-state index in [0.29, 0.717) is 37.5 Å². The van der Waals surface area contributed by atoms with E-state index in [4.69, 9.17) is 45.3 Å². The largest absolute Gasteiger partial charge is 0.455 e. The third-order valence-corrected chi connectivity index (χ3v) is 4.49. The van der Waals surface area contributed by atoms with E-state index in [1.807, 2.05) is 19.1 Å². The van der Waals surface area contributed by atoms with Gasteiger partial charge in [0.1, 0.15) is 11.5 Å². The van der Waals surface area contributed by atoms with E-state index in [2.05, 4.69) is 15.9 Å². The first kappa shape index (κ1) is 16.9. The van der Waals surface area contributed by atoms with Gasteiger partial charge in [0.2, 0.25) is 0 Å². The molecule has 0 saturated heterocycles. The van der Waals surface area contributed by atoms with E-state index in [1.165, 1.54) is 0 Å². The first-order valence-corrected chi connectivity index (χ1v) is 8.16. The van der Waals surface area contributed by atoms with Crippen LogP contribution in [0, 0.1) is 0 Å². The number of benzene rings is 2. The summed E-state index contributed by atoms with van der Waals surface area (Å²) in [6, 6.07) is 8.81. The lowest BCUT2D eigenvalue weighted by Crippen LogP contribution is -2.18. The highest BCUT2D eigenvalue weighted by atomic mass is 79.9. The highest BCUT2D eigenvalue weighted by molar-refractivity contribution is 9.10. The third-order valence-electron chi connectivity index (χ3n) is 2.77. The Kier molecular flexibility index (Phi) is 5.81. The van der Waals surface area contributed by atoms with Crippen LogP contribution in [0.2, 0.25) is 15.1 Å². The number of rotatable bonds is 4. The van der Waals surface area contributed by atoms with Gasteiger partial charge in [0.15, 0.2) is 0 Å². The second-order valence-corrected chi connectivity index (χ2v) is 6.84. The molecule has 2 aromatic carbocycles. The molecule has 21 heavy (non-hydrogen) atoms. The van der Waals surface area contributed by atoms with E-state index in [1.54, 1.807) is 18.2 Å². The summed E-state index contributed by atoms with van der Waals surface area (Å²) in [6.07, 6.45) is 0.675. The number of nitrogens with two attached hydrogens (primary N) is 1. The smallest absolute Gasteiger partial charge is 0.147 e. The molecule has 0 aliphatic rings. The van der Waals surface area contributed by atoms with Crippen molar-refractivity contribution in [2.45, 2.75) is 19.4 Å². The van der Waals surface area contributed by atoms with Crippen LogP contribution in [0.25, 0.3) is 0 Å². The van der Waals surface area contributed by atoms with Crippen LogP contribution in [-0.4, -0.2) is 6.04 Å². The fourth-order valence-corrected chi connectivity index (χ4v) is 2.83. The predicted octanol–water partition coefficient (Wildman–Crippen LogP) is 6.09. The Bertz CT molecular complexity index is 662. The van der Waals surface area contributed by atoms with Crippen LogP contribution in [0.3, 0.4) is 0 Å². The molecular weight excluding hydrogens is 396 g/mol. The second-order valence-electron chi connectivity index (χ2n) is 4.73. The molecule has 0 fully saturated rings. The molecule has 0 heterocycles. The normalized spacial score (nSPS) is 12.3. The van der Waals surface area contributed by atoms with E-state index in [0.717, 1.165) is 5.56 Å². The minimum atomic E-state index is 0.0116. The molecule has 0 radical (unpaired) electrons. The fourth-order valence-electron chi connectivity index (χ4n) is 1.84. The number of hydrogen-bond acceptors (Lipinski definition) is 2. The van der Waals surface area contributed by atoms with Gasteiger partial charge in [0, 0.05) is 21.6 Å². The highest BCUT2D eigenvalue weighted by Crippen LogP contribution is 2.38. The fraction of sp³-hybridized carbons (Fsp3) is 0.200. The minimum absolute atomic E-state index is 0.0116. The van der Waals surface area contributed by atoms with Crippen LogP contribution in [0.1, 0.15) is 12.5 Å². The van der Waals surface area contributed by atoms with Crippen LogP contribution < -0.4 is 10.5 Å². The van der Waals surface area contributed by atoms with Gasteiger partial charge in [-0.05, 0) is 53.0 Å². The Morgan fingerprint density at radius 3 is 2.48 bits per heavy atom. The summed E-state index contributed by atoms with van der Waals surface area (Å²) in [6.45, 7) is 1.93. The lowest BCUT2D eigenvalue weighted by Gasteiger charge is -2.14. The average molecular weight is 410 g/mol. The van der Waals surface area contributed by atoms with Crippen molar-refractivity contribution in [3.8, 4) is 11.5 Å². The second kappa shape index (κ2) is 7.21. The van der Waals surface area contributed by atoms with Crippen molar-refractivity contribution >= 4 is 50.7 Å². The number of halogens is 4. The molecule has 2 N–H and O–H groups in total. The molecule has 0 amide bonds. The lowest BCUT2D eigenvalue weighted by molar-refractivity contribution is 0.474. The molecular formula is C15H13BrCl3NO. The summed E-state index contributed by atoms with van der Waals surface area (Å²) in [5.41, 5.74) is 6.82. The Balaban J connectivity index is 2.38. The summed E-state index contributed by atoms with van der Waals surface area (Å²) in [5.74, 6) is 1.10. The molecule has 1 atom stereocenters. The Labute approximate surface area is 147 Å². The van der Waals surface area contributed by atoms with Crippen molar-refractivity contribution < 1.29 is 4.74 Å². The van der Waals surface area contributed by atoms with Gasteiger partial charge < -0.3 is 10.5 Å². The molecule has 1 unspecified atom stereocenters. The van der Waals surface area contributed by atoms with Gasteiger partial charge in [-0.2, -0.15) is 0 Å². The molecule has 2 nitrogen and oxygen atoms in total.